The average Bonchev–Trinajstić information content (AvgIpc) is 2.11. The molecule has 1 aromatic carbocycles. The molecule has 4 rings (SSSR count). The van der Waals surface area contributed by atoms with Gasteiger partial charge < -0.3 is 0 Å². The molecule has 3 nitrogen and oxygen atoms in total. The summed E-state index contributed by atoms with van der Waals surface area (Å²) in [7, 11) is 0. The summed E-state index contributed by atoms with van der Waals surface area (Å²) in [6.07, 6.45) is 3.35. The van der Waals surface area contributed by atoms with Crippen molar-refractivity contribution in [1.29, 1.82) is 0 Å². The van der Waals surface area contributed by atoms with Crippen molar-refractivity contribution in [3.05, 3.63) is 39.9 Å². The maximum absolute atomic E-state index is 10.9. The summed E-state index contributed by atoms with van der Waals surface area (Å²) in [4.78, 5) is 10.7. The monoisotopic (exact) mass is 315 g/mol. The number of hydrogen-bond donors (Lipinski definition) is 0. The molecule has 3 aliphatic carbocycles. The van der Waals surface area contributed by atoms with Gasteiger partial charge in [-0.05, 0) is 19.3 Å². The van der Waals surface area contributed by atoms with Crippen LogP contribution in [0.3, 0.4) is 0 Å². The lowest BCUT2D eigenvalue weighted by Crippen LogP contribution is -2.66. The van der Waals surface area contributed by atoms with Gasteiger partial charge in [0.2, 0.25) is 0 Å². The van der Waals surface area contributed by atoms with Gasteiger partial charge in [-0.25, -0.2) is 0 Å². The van der Waals surface area contributed by atoms with E-state index in [2.05, 4.69) is 22.6 Å². The Kier molecular flexibility index (Phi) is 1.74. The topological polar surface area (TPSA) is 43.1 Å². The highest BCUT2D eigenvalue weighted by Crippen LogP contribution is 2.73. The molecule has 0 aliphatic heterocycles. The van der Waals surface area contributed by atoms with Gasteiger partial charge in [0.15, 0.2) is 0 Å². The highest BCUT2D eigenvalue weighted by Gasteiger charge is 2.68. The number of hydrogen-bond acceptors (Lipinski definition) is 2. The Morgan fingerprint density at radius 3 is 2.40 bits per heavy atom. The maximum atomic E-state index is 10.9. The number of nitro groups is 1. The summed E-state index contributed by atoms with van der Waals surface area (Å²) in [6, 6.07) is 7.19. The Hall–Kier alpha value is -0.650. The predicted molar refractivity (Wildman–Crippen MR) is 65.4 cm³/mol. The fraction of sp³-hybridized carbons (Fsp3) is 0.455. The van der Waals surface area contributed by atoms with Gasteiger partial charge in [0.1, 0.15) is 0 Å². The van der Waals surface area contributed by atoms with Crippen molar-refractivity contribution in [3.8, 4) is 0 Å². The van der Waals surface area contributed by atoms with Crippen molar-refractivity contribution in [2.75, 3.05) is 0 Å². The van der Waals surface area contributed by atoms with Crippen molar-refractivity contribution in [1.82, 2.24) is 0 Å². The smallest absolute Gasteiger partial charge is 0.258 e. The summed E-state index contributed by atoms with van der Waals surface area (Å²) in [5, 5.41) is 10.9. The van der Waals surface area contributed by atoms with Gasteiger partial charge in [-0.3, -0.25) is 10.1 Å². The maximum Gasteiger partial charge on any atom is 0.273 e. The number of nitrogens with zero attached hydrogens (tertiary/aromatic N) is 1. The van der Waals surface area contributed by atoms with Crippen molar-refractivity contribution in [3.63, 3.8) is 0 Å². The van der Waals surface area contributed by atoms with E-state index in [-0.39, 0.29) is 10.3 Å². The lowest BCUT2D eigenvalue weighted by molar-refractivity contribution is -0.386. The predicted octanol–water partition coefficient (Wildman–Crippen LogP) is 3.20. The summed E-state index contributed by atoms with van der Waals surface area (Å²) >= 11 is 2.49. The van der Waals surface area contributed by atoms with E-state index < -0.39 is 0 Å². The number of rotatable bonds is 2. The van der Waals surface area contributed by atoms with E-state index in [1.165, 1.54) is 0 Å². The van der Waals surface area contributed by atoms with Gasteiger partial charge in [-0.15, -0.1) is 0 Å². The minimum absolute atomic E-state index is 0.144. The largest absolute Gasteiger partial charge is 0.273 e. The molecule has 15 heavy (non-hydrogen) atoms. The Bertz CT molecular complexity index is 438. The second-order valence-corrected chi connectivity index (χ2v) is 7.02. The van der Waals surface area contributed by atoms with E-state index in [1.54, 1.807) is 12.1 Å². The van der Waals surface area contributed by atoms with E-state index in [1.807, 2.05) is 12.1 Å². The second kappa shape index (κ2) is 2.72. The van der Waals surface area contributed by atoms with Crippen molar-refractivity contribution in [2.24, 2.45) is 0 Å². The molecule has 0 amide bonds. The van der Waals surface area contributed by atoms with E-state index in [4.69, 9.17) is 0 Å². The minimum Gasteiger partial charge on any atom is -0.258 e. The molecule has 3 fully saturated rings. The van der Waals surface area contributed by atoms with Gasteiger partial charge in [0, 0.05) is 20.5 Å². The van der Waals surface area contributed by atoms with Gasteiger partial charge in [-0.1, -0.05) is 40.8 Å². The molecule has 3 aliphatic rings. The highest BCUT2D eigenvalue weighted by atomic mass is 127. The Balaban J connectivity index is 2.03. The molecule has 0 N–H and O–H groups in total. The van der Waals surface area contributed by atoms with E-state index in [9.17, 15) is 10.1 Å². The van der Waals surface area contributed by atoms with E-state index in [0.29, 0.717) is 9.11 Å². The van der Waals surface area contributed by atoms with Crippen LogP contribution in [0.2, 0.25) is 0 Å². The summed E-state index contributed by atoms with van der Waals surface area (Å²) in [6.45, 7) is 0. The van der Waals surface area contributed by atoms with Crippen LogP contribution in [0.4, 0.5) is 5.69 Å². The zero-order valence-electron chi connectivity index (χ0n) is 8.07. The zero-order valence-corrected chi connectivity index (χ0v) is 10.2. The SMILES string of the molecule is O=[N+]([O-])c1ccccc1C12CC(I)(C1)C2. The molecule has 0 saturated heterocycles. The first-order valence-corrected chi connectivity index (χ1v) is 6.06. The van der Waals surface area contributed by atoms with Crippen LogP contribution in [-0.2, 0) is 5.41 Å². The van der Waals surface area contributed by atoms with Crippen LogP contribution in [0, 0.1) is 10.1 Å². The standard InChI is InChI=1S/C11H10INO2/c12-11-5-10(6-11,7-11)8-3-1-2-4-9(8)13(14)15/h1-4H,5-7H2. The molecule has 0 radical (unpaired) electrons. The molecule has 0 aromatic heterocycles. The second-order valence-electron chi connectivity index (χ2n) is 4.74. The molecule has 0 atom stereocenters. The average molecular weight is 315 g/mol. The summed E-state index contributed by atoms with van der Waals surface area (Å²) in [5.41, 5.74) is 1.40. The van der Waals surface area contributed by atoms with Crippen molar-refractivity contribution < 1.29 is 4.92 Å². The first-order valence-electron chi connectivity index (χ1n) is 4.98. The molecule has 78 valence electrons. The minimum atomic E-state index is -0.254. The van der Waals surface area contributed by atoms with Crippen LogP contribution in [0.1, 0.15) is 24.8 Å². The molecule has 3 saturated carbocycles. The summed E-state index contributed by atoms with van der Waals surface area (Å²) < 4.78 is 0.460. The molecule has 4 heteroatoms. The zero-order chi connectivity index (χ0) is 10.7. The number of nitro benzene ring substituents is 1. The van der Waals surface area contributed by atoms with Crippen LogP contribution < -0.4 is 0 Å². The fourth-order valence-corrected chi connectivity index (χ4v) is 5.22. The fourth-order valence-electron chi connectivity index (χ4n) is 3.03. The van der Waals surface area contributed by atoms with Crippen LogP contribution in [-0.4, -0.2) is 8.35 Å². The van der Waals surface area contributed by atoms with Crippen molar-refractivity contribution >= 4 is 28.3 Å². The normalized spacial score (nSPS) is 36.6. The van der Waals surface area contributed by atoms with Gasteiger partial charge in [-0.2, -0.15) is 0 Å². The van der Waals surface area contributed by atoms with Gasteiger partial charge in [0.25, 0.3) is 5.69 Å². The third kappa shape index (κ3) is 1.17. The molecule has 0 spiro atoms. The third-order valence-electron chi connectivity index (χ3n) is 3.64. The summed E-state index contributed by atoms with van der Waals surface area (Å²) in [5.74, 6) is 0. The third-order valence-corrected chi connectivity index (χ3v) is 4.78. The number of halogens is 1. The molecule has 2 bridgehead atoms. The molecule has 0 heterocycles. The molecular formula is C11H10INO2. The first-order chi connectivity index (χ1) is 7.05. The van der Waals surface area contributed by atoms with E-state index >= 15 is 0 Å². The molecule has 0 unspecified atom stereocenters. The molecular weight excluding hydrogens is 305 g/mol. The van der Waals surface area contributed by atoms with E-state index in [0.717, 1.165) is 24.8 Å². The van der Waals surface area contributed by atoms with Crippen LogP contribution in [0.5, 0.6) is 0 Å². The Morgan fingerprint density at radius 2 is 1.87 bits per heavy atom. The van der Waals surface area contributed by atoms with Gasteiger partial charge >= 0.3 is 0 Å². The lowest BCUT2D eigenvalue weighted by atomic mass is 9.42. The van der Waals surface area contributed by atoms with Crippen LogP contribution in [0.15, 0.2) is 24.3 Å². The van der Waals surface area contributed by atoms with Gasteiger partial charge in [0.05, 0.1) is 4.92 Å². The number of alkyl halides is 1. The Morgan fingerprint density at radius 1 is 1.27 bits per heavy atom. The number of benzene rings is 1. The Labute approximate surface area is 101 Å². The van der Waals surface area contributed by atoms with Crippen LogP contribution in [0.25, 0.3) is 0 Å². The lowest BCUT2D eigenvalue weighted by Gasteiger charge is -2.68. The van der Waals surface area contributed by atoms with Crippen LogP contribution >= 0.6 is 22.6 Å². The first kappa shape index (κ1) is 9.57. The highest BCUT2D eigenvalue weighted by molar-refractivity contribution is 14.1. The molecule has 1 aromatic rings. The van der Waals surface area contributed by atoms with Crippen molar-refractivity contribution in [2.45, 2.75) is 28.1 Å². The number of para-hydroxylation sites is 1. The quantitative estimate of drug-likeness (QED) is 0.364.